The highest BCUT2D eigenvalue weighted by atomic mass is 19.4. The molecule has 0 saturated heterocycles. The molecule has 0 bridgehead atoms. The molecule has 2 aliphatic carbocycles. The number of rotatable bonds is 5. The summed E-state index contributed by atoms with van der Waals surface area (Å²) in [6.45, 7) is -0.327. The van der Waals surface area contributed by atoms with Crippen LogP contribution in [0.15, 0.2) is 12.1 Å². The van der Waals surface area contributed by atoms with Gasteiger partial charge in [-0.2, -0.15) is 13.2 Å². The van der Waals surface area contributed by atoms with Gasteiger partial charge in [0.15, 0.2) is 17.5 Å². The molecule has 0 spiro atoms. The maximum atomic E-state index is 14.1. The number of nitrogens with zero attached hydrogens (tertiary/aromatic N) is 4. The van der Waals surface area contributed by atoms with Crippen LogP contribution in [-0.4, -0.2) is 49.2 Å². The summed E-state index contributed by atoms with van der Waals surface area (Å²) in [6.07, 6.45) is -4.79. The van der Waals surface area contributed by atoms with Gasteiger partial charge in [0.05, 0.1) is 6.54 Å². The normalized spacial score (nSPS) is 26.0. The average molecular weight is 485 g/mol. The first-order chi connectivity index (χ1) is 15.9. The van der Waals surface area contributed by atoms with Crippen molar-refractivity contribution in [2.75, 3.05) is 6.54 Å². The fraction of sp³-hybridized carbons (Fsp3) is 0.524. The zero-order valence-electron chi connectivity index (χ0n) is 17.6. The Labute approximate surface area is 189 Å². The third-order valence-corrected chi connectivity index (χ3v) is 7.42. The first kappa shape index (κ1) is 22.7. The van der Waals surface area contributed by atoms with Crippen molar-refractivity contribution in [3.8, 4) is 0 Å². The van der Waals surface area contributed by atoms with Crippen LogP contribution in [0.3, 0.4) is 0 Å². The topological polar surface area (TPSA) is 114 Å². The Bertz CT molecular complexity index is 1200. The minimum atomic E-state index is -4.66. The fourth-order valence-corrected chi connectivity index (χ4v) is 5.99. The predicted octanol–water partition coefficient (Wildman–Crippen LogP) is 1.85. The van der Waals surface area contributed by atoms with Crippen molar-refractivity contribution < 1.29 is 36.6 Å². The third-order valence-electron chi connectivity index (χ3n) is 7.42. The van der Waals surface area contributed by atoms with E-state index in [0.717, 1.165) is 16.7 Å². The van der Waals surface area contributed by atoms with Gasteiger partial charge in [0.2, 0.25) is 11.7 Å². The number of fused-ring (bicyclic) bond motifs is 4. The van der Waals surface area contributed by atoms with Gasteiger partial charge in [-0.25, -0.2) is 8.78 Å². The monoisotopic (exact) mass is 485 g/mol. The third kappa shape index (κ3) is 3.28. The van der Waals surface area contributed by atoms with E-state index in [9.17, 15) is 36.6 Å². The number of halogens is 5. The number of aromatic nitrogens is 3. The van der Waals surface area contributed by atoms with Crippen LogP contribution in [0.1, 0.15) is 35.6 Å². The van der Waals surface area contributed by atoms with Crippen LogP contribution in [0, 0.1) is 23.5 Å². The fourth-order valence-electron chi connectivity index (χ4n) is 5.99. The van der Waals surface area contributed by atoms with Crippen molar-refractivity contribution in [1.82, 2.24) is 19.7 Å². The quantitative estimate of drug-likeness (QED) is 0.625. The van der Waals surface area contributed by atoms with Crippen LogP contribution in [-0.2, 0) is 40.7 Å². The summed E-state index contributed by atoms with van der Waals surface area (Å²) in [5.41, 5.74) is 6.44. The molecule has 3 aliphatic rings. The molecule has 1 aliphatic heterocycles. The van der Waals surface area contributed by atoms with Crippen molar-refractivity contribution in [3.05, 3.63) is 46.5 Å². The maximum absolute atomic E-state index is 14.1. The van der Waals surface area contributed by atoms with E-state index in [-0.39, 0.29) is 44.2 Å². The van der Waals surface area contributed by atoms with E-state index in [1.54, 1.807) is 0 Å². The molecule has 34 heavy (non-hydrogen) atoms. The van der Waals surface area contributed by atoms with Gasteiger partial charge in [-0.15, -0.1) is 10.2 Å². The van der Waals surface area contributed by atoms with Crippen molar-refractivity contribution >= 4 is 11.9 Å². The molecule has 8 nitrogen and oxygen atoms in total. The van der Waals surface area contributed by atoms with Gasteiger partial charge in [0.1, 0.15) is 0 Å². The van der Waals surface area contributed by atoms with Crippen molar-refractivity contribution in [3.63, 3.8) is 0 Å². The molecule has 2 unspecified atom stereocenters. The van der Waals surface area contributed by atoms with Gasteiger partial charge in [-0.1, -0.05) is 0 Å². The van der Waals surface area contributed by atoms with Gasteiger partial charge in [-0.05, 0) is 41.5 Å². The number of carboxylic acids is 1. The number of carbonyl (C=O) groups is 2. The second-order valence-electron chi connectivity index (χ2n) is 9.09. The Morgan fingerprint density at radius 1 is 1.21 bits per heavy atom. The summed E-state index contributed by atoms with van der Waals surface area (Å²) in [5.74, 6) is -5.41. The van der Waals surface area contributed by atoms with Gasteiger partial charge >= 0.3 is 12.1 Å². The standard InChI is InChI=1S/C21H20F5N5O3/c22-13-4-9-3-11-12(6-18(33)34)20(11,10(9)5-14(13)23)15(27)7-17(32)30-1-2-31-16(8-30)28-29-19(31)21(24,25)26/h4-5,11-12,15H,1-3,6-8,27H2,(H,33,34)/t11?,12?,15-,20+/m0/s1. The molecule has 3 N–H and O–H groups in total. The molecule has 2 aromatic rings. The Kier molecular flexibility index (Phi) is 4.97. The molecule has 182 valence electrons. The van der Waals surface area contributed by atoms with Crippen LogP contribution in [0.5, 0.6) is 0 Å². The first-order valence-electron chi connectivity index (χ1n) is 10.7. The molecule has 1 fully saturated rings. The molecule has 2 heterocycles. The summed E-state index contributed by atoms with van der Waals surface area (Å²) in [7, 11) is 0. The van der Waals surface area contributed by atoms with E-state index < -0.39 is 52.9 Å². The summed E-state index contributed by atoms with van der Waals surface area (Å²) >= 11 is 0. The molecule has 13 heteroatoms. The number of carbonyl (C=O) groups excluding carboxylic acids is 1. The lowest BCUT2D eigenvalue weighted by Crippen LogP contribution is -2.45. The number of carboxylic acid groups (broad SMARTS) is 1. The summed E-state index contributed by atoms with van der Waals surface area (Å²) < 4.78 is 67.9. The van der Waals surface area contributed by atoms with Crippen LogP contribution in [0.2, 0.25) is 0 Å². The zero-order chi connectivity index (χ0) is 24.6. The minimum absolute atomic E-state index is 0.00419. The highest BCUT2D eigenvalue weighted by Gasteiger charge is 2.71. The second-order valence-corrected chi connectivity index (χ2v) is 9.09. The van der Waals surface area contributed by atoms with E-state index in [0.29, 0.717) is 17.5 Å². The second kappa shape index (κ2) is 7.45. The Balaban J connectivity index is 1.37. The van der Waals surface area contributed by atoms with Gasteiger partial charge in [0, 0.05) is 37.4 Å². The number of nitrogens with two attached hydrogens (primary N) is 1. The Morgan fingerprint density at radius 2 is 1.91 bits per heavy atom. The summed E-state index contributed by atoms with van der Waals surface area (Å²) in [5, 5.41) is 16.1. The number of hydrogen-bond donors (Lipinski definition) is 2. The summed E-state index contributed by atoms with van der Waals surface area (Å²) in [4.78, 5) is 25.7. The van der Waals surface area contributed by atoms with Crippen molar-refractivity contribution in [2.45, 2.75) is 50.0 Å². The largest absolute Gasteiger partial charge is 0.481 e. The zero-order valence-corrected chi connectivity index (χ0v) is 17.6. The van der Waals surface area contributed by atoms with E-state index in [2.05, 4.69) is 10.2 Å². The van der Waals surface area contributed by atoms with Crippen molar-refractivity contribution in [2.24, 2.45) is 17.6 Å². The Morgan fingerprint density at radius 3 is 2.59 bits per heavy atom. The maximum Gasteiger partial charge on any atom is 0.451 e. The number of hydrogen-bond acceptors (Lipinski definition) is 5. The SMILES string of the molecule is N[C@@H](CC(=O)N1CCn2c(nnc2C(F)(F)F)C1)[C@]12c3cc(F)c(F)cc3CC1C2CC(=O)O. The predicted molar refractivity (Wildman–Crippen MR) is 104 cm³/mol. The van der Waals surface area contributed by atoms with E-state index >= 15 is 0 Å². The van der Waals surface area contributed by atoms with Gasteiger partial charge in [-0.3, -0.25) is 9.59 Å². The molecular formula is C21H20F5N5O3. The molecule has 4 atom stereocenters. The lowest BCUT2D eigenvalue weighted by atomic mass is 9.83. The highest BCUT2D eigenvalue weighted by molar-refractivity contribution is 5.78. The van der Waals surface area contributed by atoms with Crippen LogP contribution in [0.4, 0.5) is 22.0 Å². The molecule has 1 saturated carbocycles. The van der Waals surface area contributed by atoms with Crippen LogP contribution >= 0.6 is 0 Å². The highest BCUT2D eigenvalue weighted by Crippen LogP contribution is 2.69. The molecule has 0 radical (unpaired) electrons. The minimum Gasteiger partial charge on any atom is -0.481 e. The number of aliphatic carboxylic acids is 1. The average Bonchev–Trinajstić information content (AvgIpc) is 3.05. The lowest BCUT2D eigenvalue weighted by molar-refractivity contribution is -0.148. The number of amides is 1. The first-order valence-corrected chi connectivity index (χ1v) is 10.7. The smallest absolute Gasteiger partial charge is 0.451 e. The van der Waals surface area contributed by atoms with Gasteiger partial charge < -0.3 is 20.3 Å². The van der Waals surface area contributed by atoms with E-state index in [4.69, 9.17) is 5.73 Å². The van der Waals surface area contributed by atoms with Crippen LogP contribution in [0.25, 0.3) is 0 Å². The lowest BCUT2D eigenvalue weighted by Gasteiger charge is -2.31. The molecule has 1 aromatic carbocycles. The van der Waals surface area contributed by atoms with E-state index in [1.165, 1.54) is 4.90 Å². The molecule has 5 rings (SSSR count). The van der Waals surface area contributed by atoms with Gasteiger partial charge in [0.25, 0.3) is 0 Å². The number of benzene rings is 1. The molecule has 1 amide bonds. The van der Waals surface area contributed by atoms with Crippen molar-refractivity contribution in [1.29, 1.82) is 0 Å². The molecular weight excluding hydrogens is 465 g/mol. The molecule has 1 aromatic heterocycles. The van der Waals surface area contributed by atoms with Crippen LogP contribution < -0.4 is 5.73 Å². The Hall–Kier alpha value is -3.09. The van der Waals surface area contributed by atoms with E-state index in [1.807, 2.05) is 0 Å². The summed E-state index contributed by atoms with van der Waals surface area (Å²) in [6, 6.07) is 1.24. The number of alkyl halides is 3.